The van der Waals surface area contributed by atoms with Crippen LogP contribution in [-0.2, 0) is 29.1 Å². The lowest BCUT2D eigenvalue weighted by Crippen LogP contribution is -2.47. The Bertz CT molecular complexity index is 448. The number of nitrogens with zero attached hydrogens (tertiary/aromatic N) is 1. The van der Waals surface area contributed by atoms with Gasteiger partial charge in [0, 0.05) is 19.5 Å². The Morgan fingerprint density at radius 3 is 2.75 bits per heavy atom. The molecule has 1 aliphatic rings. The zero-order chi connectivity index (χ0) is 15.2. The molecule has 0 spiro atoms. The minimum absolute atomic E-state index is 0.00234. The van der Waals surface area contributed by atoms with Crippen molar-refractivity contribution in [2.75, 3.05) is 32.6 Å². The molecule has 9 heteroatoms. The van der Waals surface area contributed by atoms with E-state index in [2.05, 4.69) is 4.74 Å². The first-order valence-electron chi connectivity index (χ1n) is 6.23. The van der Waals surface area contributed by atoms with E-state index in [4.69, 9.17) is 9.84 Å². The van der Waals surface area contributed by atoms with E-state index in [-0.39, 0.29) is 44.7 Å². The average molecular weight is 309 g/mol. The van der Waals surface area contributed by atoms with Gasteiger partial charge in [-0.1, -0.05) is 0 Å². The molecule has 0 amide bonds. The second kappa shape index (κ2) is 7.55. The first-order chi connectivity index (χ1) is 9.35. The van der Waals surface area contributed by atoms with Crippen molar-refractivity contribution in [3.05, 3.63) is 0 Å². The number of aliphatic carboxylic acids is 1. The third kappa shape index (κ3) is 5.43. The molecular weight excluding hydrogens is 290 g/mol. The summed E-state index contributed by atoms with van der Waals surface area (Å²) in [6.45, 7) is 0.511. The van der Waals surface area contributed by atoms with Crippen LogP contribution in [0.1, 0.15) is 19.3 Å². The van der Waals surface area contributed by atoms with Crippen LogP contribution in [0, 0.1) is 0 Å². The molecule has 0 bridgehead atoms. The first-order valence-corrected chi connectivity index (χ1v) is 7.84. The molecule has 8 nitrogen and oxygen atoms in total. The van der Waals surface area contributed by atoms with E-state index in [1.54, 1.807) is 0 Å². The molecule has 0 aliphatic carbocycles. The number of methoxy groups -OCH3 is 1. The van der Waals surface area contributed by atoms with Crippen molar-refractivity contribution in [3.8, 4) is 0 Å². The fourth-order valence-electron chi connectivity index (χ4n) is 1.87. The maximum atomic E-state index is 12.0. The van der Waals surface area contributed by atoms with Gasteiger partial charge in [-0.3, -0.25) is 9.59 Å². The van der Waals surface area contributed by atoms with Crippen molar-refractivity contribution in [1.82, 2.24) is 4.31 Å². The number of morpholine rings is 1. The SMILES string of the molecule is COC(=O)CC1CN(S(=O)(=O)CCCC(=O)O)CCO1. The molecule has 0 aromatic carbocycles. The topological polar surface area (TPSA) is 110 Å². The molecule has 1 N–H and O–H groups in total. The van der Waals surface area contributed by atoms with E-state index in [1.807, 2.05) is 0 Å². The second-order valence-corrected chi connectivity index (χ2v) is 6.53. The molecule has 1 fully saturated rings. The molecule has 1 saturated heterocycles. The van der Waals surface area contributed by atoms with Gasteiger partial charge in [-0.15, -0.1) is 0 Å². The van der Waals surface area contributed by atoms with Gasteiger partial charge in [-0.2, -0.15) is 4.31 Å². The highest BCUT2D eigenvalue weighted by Crippen LogP contribution is 2.14. The predicted molar refractivity (Wildman–Crippen MR) is 68.6 cm³/mol. The van der Waals surface area contributed by atoms with E-state index >= 15 is 0 Å². The van der Waals surface area contributed by atoms with Crippen molar-refractivity contribution in [2.24, 2.45) is 0 Å². The lowest BCUT2D eigenvalue weighted by molar-refractivity contribution is -0.145. The largest absolute Gasteiger partial charge is 0.481 e. The first kappa shape index (κ1) is 16.9. The number of esters is 1. The summed E-state index contributed by atoms with van der Waals surface area (Å²) in [7, 11) is -2.26. The highest BCUT2D eigenvalue weighted by atomic mass is 32.2. The molecule has 20 heavy (non-hydrogen) atoms. The van der Waals surface area contributed by atoms with Gasteiger partial charge in [0.15, 0.2) is 0 Å². The Kier molecular flexibility index (Phi) is 6.37. The van der Waals surface area contributed by atoms with Gasteiger partial charge in [-0.05, 0) is 6.42 Å². The zero-order valence-electron chi connectivity index (χ0n) is 11.3. The molecule has 0 saturated carbocycles. The molecule has 1 heterocycles. The van der Waals surface area contributed by atoms with Gasteiger partial charge in [0.1, 0.15) is 0 Å². The quantitative estimate of drug-likeness (QED) is 0.628. The summed E-state index contributed by atoms with van der Waals surface area (Å²) in [5.41, 5.74) is 0. The standard InChI is InChI=1S/C11H19NO7S/c1-18-11(15)7-9-8-12(4-5-19-9)20(16,17)6-2-3-10(13)14/h9H,2-8H2,1H3,(H,13,14). The number of carboxylic acid groups (broad SMARTS) is 1. The Morgan fingerprint density at radius 1 is 1.45 bits per heavy atom. The average Bonchev–Trinajstić information content (AvgIpc) is 2.38. The smallest absolute Gasteiger partial charge is 0.308 e. The summed E-state index contributed by atoms with van der Waals surface area (Å²) in [4.78, 5) is 21.5. The lowest BCUT2D eigenvalue weighted by Gasteiger charge is -2.31. The van der Waals surface area contributed by atoms with E-state index in [9.17, 15) is 18.0 Å². The van der Waals surface area contributed by atoms with Gasteiger partial charge in [-0.25, -0.2) is 8.42 Å². The summed E-state index contributed by atoms with van der Waals surface area (Å²) < 4.78 is 35.1. The van der Waals surface area contributed by atoms with E-state index in [0.29, 0.717) is 0 Å². The van der Waals surface area contributed by atoms with Gasteiger partial charge in [0.25, 0.3) is 0 Å². The number of sulfonamides is 1. The zero-order valence-corrected chi connectivity index (χ0v) is 12.1. The van der Waals surface area contributed by atoms with Crippen LogP contribution in [-0.4, -0.2) is 68.4 Å². The molecular formula is C11H19NO7S. The van der Waals surface area contributed by atoms with Crippen LogP contribution < -0.4 is 0 Å². The van der Waals surface area contributed by atoms with E-state index in [1.165, 1.54) is 11.4 Å². The highest BCUT2D eigenvalue weighted by Gasteiger charge is 2.30. The number of carbonyl (C=O) groups excluding carboxylic acids is 1. The van der Waals surface area contributed by atoms with Gasteiger partial charge < -0.3 is 14.6 Å². The minimum Gasteiger partial charge on any atom is -0.481 e. The molecule has 116 valence electrons. The van der Waals surface area contributed by atoms with E-state index in [0.717, 1.165) is 0 Å². The maximum Gasteiger partial charge on any atom is 0.308 e. The Hall–Kier alpha value is -1.19. The molecule has 1 rings (SSSR count). The van der Waals surface area contributed by atoms with Crippen LogP contribution in [0.3, 0.4) is 0 Å². The van der Waals surface area contributed by atoms with E-state index < -0.39 is 28.1 Å². The predicted octanol–water partition coefficient (Wildman–Crippen LogP) is -0.555. The second-order valence-electron chi connectivity index (χ2n) is 4.44. The molecule has 0 aromatic heterocycles. The van der Waals surface area contributed by atoms with Crippen LogP contribution >= 0.6 is 0 Å². The van der Waals surface area contributed by atoms with Crippen LogP contribution in [0.4, 0.5) is 0 Å². The van der Waals surface area contributed by atoms with Crippen molar-refractivity contribution in [2.45, 2.75) is 25.4 Å². The third-order valence-electron chi connectivity index (χ3n) is 2.91. The number of rotatable bonds is 7. The Balaban J connectivity index is 2.52. The van der Waals surface area contributed by atoms with Gasteiger partial charge >= 0.3 is 11.9 Å². The molecule has 1 aliphatic heterocycles. The summed E-state index contributed by atoms with van der Waals surface area (Å²) in [6.07, 6.45) is -0.644. The summed E-state index contributed by atoms with van der Waals surface area (Å²) in [5, 5.41) is 8.51. The minimum atomic E-state index is -3.52. The summed E-state index contributed by atoms with van der Waals surface area (Å²) in [5.74, 6) is -1.70. The normalized spacial score (nSPS) is 20.6. The fraction of sp³-hybridized carbons (Fsp3) is 0.818. The molecule has 0 aromatic rings. The van der Waals surface area contributed by atoms with Crippen LogP contribution in [0.2, 0.25) is 0 Å². The maximum absolute atomic E-state index is 12.0. The van der Waals surface area contributed by atoms with Crippen molar-refractivity contribution in [3.63, 3.8) is 0 Å². The van der Waals surface area contributed by atoms with Gasteiger partial charge in [0.05, 0.1) is 32.0 Å². The number of hydrogen-bond donors (Lipinski definition) is 1. The molecule has 1 atom stereocenters. The number of hydrogen-bond acceptors (Lipinski definition) is 6. The third-order valence-corrected chi connectivity index (χ3v) is 4.83. The van der Waals surface area contributed by atoms with Crippen molar-refractivity contribution >= 4 is 22.0 Å². The highest BCUT2D eigenvalue weighted by molar-refractivity contribution is 7.89. The van der Waals surface area contributed by atoms with Gasteiger partial charge in [0.2, 0.25) is 10.0 Å². The fourth-order valence-corrected chi connectivity index (χ4v) is 3.39. The van der Waals surface area contributed by atoms with Crippen molar-refractivity contribution < 1.29 is 32.6 Å². The Morgan fingerprint density at radius 2 is 2.15 bits per heavy atom. The molecule has 0 radical (unpaired) electrons. The Labute approximate surface area is 117 Å². The lowest BCUT2D eigenvalue weighted by atomic mass is 10.2. The number of carboxylic acids is 1. The van der Waals surface area contributed by atoms with Crippen LogP contribution in [0.25, 0.3) is 0 Å². The van der Waals surface area contributed by atoms with Crippen molar-refractivity contribution in [1.29, 1.82) is 0 Å². The van der Waals surface area contributed by atoms with Crippen LogP contribution in [0.5, 0.6) is 0 Å². The number of carbonyl (C=O) groups is 2. The number of ether oxygens (including phenoxy) is 2. The molecule has 1 unspecified atom stereocenters. The summed E-state index contributed by atoms with van der Waals surface area (Å²) in [6, 6.07) is 0. The monoisotopic (exact) mass is 309 g/mol. The van der Waals surface area contributed by atoms with Crippen LogP contribution in [0.15, 0.2) is 0 Å². The summed E-state index contributed by atoms with van der Waals surface area (Å²) >= 11 is 0.